The van der Waals surface area contributed by atoms with Gasteiger partial charge in [0.05, 0.1) is 53.4 Å². The molecule has 12 aliphatic carbocycles. The standard InChI is InChI=1S/C15H20F4O4.C15H22F2O4.C14H20F2O4/c1-11(16,15(17,18)19)10(20)23-8-12-2-9-3-13(21,5-12)7-14(22,4-9)6-12;1-13(16,17)12(18)20-2-3-21-15-7-10-4-11(8-15)6-14(19,5-10)9-15;1-11(15,16)10(17)20-8-12-2-9-3-13(18,5-12)7-14(19,4-9)6-12/h9,21-22H,2-8H2,1H3;10-11,19H,2-9H2,1H3;9,18-19H,2-8H2,1H3. The van der Waals surface area contributed by atoms with E-state index < -0.39 is 87.0 Å². The number of aliphatic hydroxyl groups is 5. The lowest BCUT2D eigenvalue weighted by Crippen LogP contribution is -2.64. The molecule has 64 heavy (non-hydrogen) atoms. The monoisotopic (exact) mass is 934 g/mol. The van der Waals surface area contributed by atoms with Gasteiger partial charge in [0.25, 0.3) is 5.67 Å². The predicted octanol–water partition coefficient (Wildman–Crippen LogP) is 6.18. The molecule has 12 aliphatic rings. The summed E-state index contributed by atoms with van der Waals surface area (Å²) in [6.07, 6.45) is 5.53. The van der Waals surface area contributed by atoms with Gasteiger partial charge in [-0.2, -0.15) is 30.7 Å². The Morgan fingerprint density at radius 3 is 1.20 bits per heavy atom. The van der Waals surface area contributed by atoms with Crippen LogP contribution in [-0.2, 0) is 33.3 Å². The van der Waals surface area contributed by atoms with Crippen LogP contribution < -0.4 is 0 Å². The molecule has 0 aromatic rings. The van der Waals surface area contributed by atoms with E-state index in [-0.39, 0.29) is 63.4 Å². The summed E-state index contributed by atoms with van der Waals surface area (Å²) in [7, 11) is 0. The van der Waals surface area contributed by atoms with Gasteiger partial charge in [-0.25, -0.2) is 18.8 Å². The largest absolute Gasteiger partial charge is 0.462 e. The zero-order valence-corrected chi connectivity index (χ0v) is 36.5. The maximum Gasteiger partial charge on any atom is 0.433 e. The van der Waals surface area contributed by atoms with Gasteiger partial charge in [0.15, 0.2) is 0 Å². The summed E-state index contributed by atoms with van der Waals surface area (Å²) in [5.74, 6) is -10.8. The first-order chi connectivity index (χ1) is 29.0. The first kappa shape index (κ1) is 49.5. The van der Waals surface area contributed by atoms with Crippen molar-refractivity contribution >= 4 is 17.9 Å². The number of esters is 3. The second-order valence-electron chi connectivity index (χ2n) is 22.7. The molecular weight excluding hydrogens is 872 g/mol. The summed E-state index contributed by atoms with van der Waals surface area (Å²) in [4.78, 5) is 33.7. The Morgan fingerprint density at radius 1 is 0.469 bits per heavy atom. The first-order valence-corrected chi connectivity index (χ1v) is 22.3. The minimum Gasteiger partial charge on any atom is -0.462 e. The van der Waals surface area contributed by atoms with Crippen LogP contribution >= 0.6 is 0 Å². The molecular formula is C44H62F8O12. The van der Waals surface area contributed by atoms with Crippen molar-refractivity contribution < 1.29 is 94.0 Å². The van der Waals surface area contributed by atoms with Crippen LogP contribution in [0.2, 0.25) is 0 Å². The summed E-state index contributed by atoms with van der Waals surface area (Å²) in [6, 6.07) is 0. The Morgan fingerprint density at radius 2 is 0.844 bits per heavy atom. The average Bonchev–Trinajstić information content (AvgIpc) is 3.06. The number of carbonyl (C=O) groups is 3. The quantitative estimate of drug-likeness (QED) is 0.0686. The molecule has 7 unspecified atom stereocenters. The van der Waals surface area contributed by atoms with Crippen molar-refractivity contribution in [1.82, 2.24) is 0 Å². The Hall–Kier alpha value is -2.39. The first-order valence-electron chi connectivity index (χ1n) is 22.3. The van der Waals surface area contributed by atoms with Crippen LogP contribution in [-0.4, -0.2) is 127 Å². The number of carbonyl (C=O) groups excluding carboxylic acids is 3. The van der Waals surface area contributed by atoms with Crippen molar-refractivity contribution in [3.05, 3.63) is 0 Å². The molecule has 0 heterocycles. The molecule has 5 N–H and O–H groups in total. The van der Waals surface area contributed by atoms with E-state index in [9.17, 15) is 75.0 Å². The van der Waals surface area contributed by atoms with Crippen LogP contribution in [0.5, 0.6) is 0 Å². The Bertz CT molecular complexity index is 1760. The smallest absolute Gasteiger partial charge is 0.433 e. The molecule has 0 saturated heterocycles. The maximum absolute atomic E-state index is 13.6. The molecule has 12 fully saturated rings. The fourth-order valence-corrected chi connectivity index (χ4v) is 15.0. The molecule has 366 valence electrons. The number of hydrogen-bond acceptors (Lipinski definition) is 12. The van der Waals surface area contributed by atoms with Gasteiger partial charge in [0.1, 0.15) is 6.61 Å². The number of ether oxygens (including phenoxy) is 4. The normalized spacial score (nSPS) is 44.2. The van der Waals surface area contributed by atoms with Crippen LogP contribution in [0.15, 0.2) is 0 Å². The minimum absolute atomic E-state index is 0.0410. The van der Waals surface area contributed by atoms with Crippen molar-refractivity contribution in [2.45, 2.75) is 194 Å². The summed E-state index contributed by atoms with van der Waals surface area (Å²) in [5, 5.41) is 52.6. The molecule has 7 atom stereocenters. The zero-order chi connectivity index (χ0) is 47.4. The molecule has 12 rings (SSSR count). The maximum atomic E-state index is 13.6. The average molecular weight is 935 g/mol. The Kier molecular flexibility index (Phi) is 12.3. The van der Waals surface area contributed by atoms with Crippen LogP contribution in [0.25, 0.3) is 0 Å². The van der Waals surface area contributed by atoms with E-state index in [4.69, 9.17) is 9.47 Å². The lowest BCUT2D eigenvalue weighted by molar-refractivity contribution is -0.252. The molecule has 0 aliphatic heterocycles. The van der Waals surface area contributed by atoms with Gasteiger partial charge in [0, 0.05) is 43.9 Å². The van der Waals surface area contributed by atoms with Crippen LogP contribution in [0, 0.1) is 34.5 Å². The summed E-state index contributed by atoms with van der Waals surface area (Å²) in [6.45, 7) is 0.547. The van der Waals surface area contributed by atoms with Crippen molar-refractivity contribution in [2.75, 3.05) is 26.4 Å². The molecule has 12 nitrogen and oxygen atoms in total. The third-order valence-electron chi connectivity index (χ3n) is 15.6. The van der Waals surface area contributed by atoms with Gasteiger partial charge in [-0.15, -0.1) is 0 Å². The van der Waals surface area contributed by atoms with Gasteiger partial charge < -0.3 is 44.5 Å². The van der Waals surface area contributed by atoms with E-state index in [1.54, 1.807) is 0 Å². The third kappa shape index (κ3) is 10.4. The van der Waals surface area contributed by atoms with E-state index in [2.05, 4.69) is 9.47 Å². The van der Waals surface area contributed by atoms with Gasteiger partial charge in [0.2, 0.25) is 0 Å². The topological polar surface area (TPSA) is 189 Å². The zero-order valence-electron chi connectivity index (χ0n) is 36.5. The van der Waals surface area contributed by atoms with Crippen molar-refractivity contribution in [2.24, 2.45) is 34.5 Å². The van der Waals surface area contributed by atoms with E-state index >= 15 is 0 Å². The van der Waals surface area contributed by atoms with E-state index in [0.29, 0.717) is 83.5 Å². The van der Waals surface area contributed by atoms with E-state index in [1.165, 1.54) is 0 Å². The predicted molar refractivity (Wildman–Crippen MR) is 205 cm³/mol. The number of hydrogen-bond donors (Lipinski definition) is 5. The summed E-state index contributed by atoms with van der Waals surface area (Å²) < 4.78 is 122. The molecule has 0 aromatic heterocycles. The summed E-state index contributed by atoms with van der Waals surface area (Å²) >= 11 is 0. The fraction of sp³-hybridized carbons (Fsp3) is 0.932. The van der Waals surface area contributed by atoms with Crippen LogP contribution in [0.1, 0.15) is 136 Å². The second-order valence-corrected chi connectivity index (χ2v) is 22.7. The third-order valence-corrected chi connectivity index (χ3v) is 15.6. The number of alkyl halides is 8. The van der Waals surface area contributed by atoms with Gasteiger partial charge >= 0.3 is 35.9 Å². The van der Waals surface area contributed by atoms with E-state index in [1.807, 2.05) is 0 Å². The highest BCUT2D eigenvalue weighted by Gasteiger charge is 2.66. The van der Waals surface area contributed by atoms with Crippen LogP contribution in [0.4, 0.5) is 35.1 Å². The minimum atomic E-state index is -5.35. The van der Waals surface area contributed by atoms with Gasteiger partial charge in [-0.05, 0) is 127 Å². The second kappa shape index (κ2) is 15.8. The Labute approximate surface area is 366 Å². The van der Waals surface area contributed by atoms with E-state index in [0.717, 1.165) is 38.5 Å². The molecule has 0 radical (unpaired) electrons. The highest BCUT2D eigenvalue weighted by atomic mass is 19.4. The van der Waals surface area contributed by atoms with Crippen molar-refractivity contribution in [3.8, 4) is 0 Å². The summed E-state index contributed by atoms with van der Waals surface area (Å²) in [5.41, 5.74) is -10.4. The SMILES string of the molecule is CC(F)(C(=O)OCC12CC3CC(O)(CC(O)(C3)C1)C2)C(F)(F)F.CC(F)(F)C(=O)OCC12CC3CC(O)(CC(O)(C3)C1)C2.CC(F)(F)C(=O)OCCOC12CC3CC(CC(O)(C3)C1)C2. The Balaban J connectivity index is 0.000000144. The number of halogens is 8. The highest BCUT2D eigenvalue weighted by molar-refractivity contribution is 5.80. The molecule has 0 spiro atoms. The van der Waals surface area contributed by atoms with Crippen molar-refractivity contribution in [1.29, 1.82) is 0 Å². The van der Waals surface area contributed by atoms with Crippen LogP contribution in [0.3, 0.4) is 0 Å². The van der Waals surface area contributed by atoms with Gasteiger partial charge in [-0.1, -0.05) is 0 Å². The fourth-order valence-electron chi connectivity index (χ4n) is 15.0. The molecule has 12 bridgehead atoms. The molecule has 12 saturated carbocycles. The lowest BCUT2D eigenvalue weighted by atomic mass is 9.46. The lowest BCUT2D eigenvalue weighted by Gasteiger charge is -2.63. The van der Waals surface area contributed by atoms with Gasteiger partial charge in [-0.3, -0.25) is 0 Å². The highest BCUT2D eigenvalue weighted by Crippen LogP contribution is 2.65. The number of rotatable bonds is 11. The van der Waals surface area contributed by atoms with Crippen molar-refractivity contribution in [3.63, 3.8) is 0 Å². The molecule has 0 amide bonds. The molecule has 20 heteroatoms. The molecule has 0 aromatic carbocycles.